The molecule has 6 heteroatoms. The SMILES string of the molecule is CCCCCCc1cc2ccc(Cl)cc2n1C(=O)C[C@H](C)CC(=O)OC[Si](c1ccccc1)(c1ccccc1)C(C)(C)C. The highest BCUT2D eigenvalue weighted by molar-refractivity contribution is 7.04. The molecule has 228 valence electrons. The molecule has 4 rings (SSSR count). The van der Waals surface area contributed by atoms with Gasteiger partial charge in [0.2, 0.25) is 5.91 Å². The van der Waals surface area contributed by atoms with Crippen molar-refractivity contribution in [1.82, 2.24) is 4.57 Å². The molecule has 3 aromatic carbocycles. The molecule has 1 atom stereocenters. The molecule has 0 radical (unpaired) electrons. The van der Waals surface area contributed by atoms with Crippen molar-refractivity contribution in [2.45, 2.75) is 84.6 Å². The average Bonchev–Trinajstić information content (AvgIpc) is 3.33. The van der Waals surface area contributed by atoms with Gasteiger partial charge in [-0.15, -0.1) is 0 Å². The number of hydrogen-bond donors (Lipinski definition) is 0. The van der Waals surface area contributed by atoms with Gasteiger partial charge in [-0.25, -0.2) is 0 Å². The van der Waals surface area contributed by atoms with Crippen molar-refractivity contribution >= 4 is 52.8 Å². The molecule has 0 fully saturated rings. The lowest BCUT2D eigenvalue weighted by Crippen LogP contribution is -2.67. The number of rotatable bonds is 13. The summed E-state index contributed by atoms with van der Waals surface area (Å²) in [4.78, 5) is 27.1. The monoisotopic (exact) mass is 615 g/mol. The van der Waals surface area contributed by atoms with Crippen LogP contribution in [0.1, 0.15) is 83.6 Å². The van der Waals surface area contributed by atoms with Crippen molar-refractivity contribution in [1.29, 1.82) is 0 Å². The highest BCUT2D eigenvalue weighted by Gasteiger charge is 2.49. The van der Waals surface area contributed by atoms with Crippen molar-refractivity contribution in [3.05, 3.63) is 95.6 Å². The molecule has 0 spiro atoms. The standard InChI is InChI=1S/C37H46ClNO3Si/c1-6-7-8-11-16-31-25-29-21-22-30(38)26-34(29)39(31)35(40)23-28(2)24-36(41)42-27-43(37(3,4)5,32-17-12-9-13-18-32)33-19-14-10-15-20-33/h9-10,12-15,17-22,25-26,28H,6-8,11,16,23-24,27H2,1-5H3/t28-/m0/s1. The Bertz CT molecular complexity index is 1470. The quantitative estimate of drug-likeness (QED) is 0.0859. The van der Waals surface area contributed by atoms with Gasteiger partial charge < -0.3 is 4.74 Å². The zero-order valence-corrected chi connectivity index (χ0v) is 28.1. The van der Waals surface area contributed by atoms with Gasteiger partial charge in [-0.1, -0.05) is 132 Å². The van der Waals surface area contributed by atoms with Crippen molar-refractivity contribution < 1.29 is 14.3 Å². The summed E-state index contributed by atoms with van der Waals surface area (Å²) in [6.45, 7) is 10.9. The summed E-state index contributed by atoms with van der Waals surface area (Å²) in [5.41, 5.74) is 1.85. The number of benzene rings is 3. The van der Waals surface area contributed by atoms with Crippen LogP contribution in [0.3, 0.4) is 0 Å². The van der Waals surface area contributed by atoms with Crippen LogP contribution >= 0.6 is 11.6 Å². The summed E-state index contributed by atoms with van der Waals surface area (Å²) < 4.78 is 7.99. The van der Waals surface area contributed by atoms with E-state index in [1.807, 2.05) is 41.8 Å². The molecule has 0 saturated heterocycles. The maximum absolute atomic E-state index is 13.7. The van der Waals surface area contributed by atoms with Gasteiger partial charge in [0.1, 0.15) is 0 Å². The van der Waals surface area contributed by atoms with E-state index in [4.69, 9.17) is 16.3 Å². The van der Waals surface area contributed by atoms with Crippen LogP contribution in [0.15, 0.2) is 84.9 Å². The summed E-state index contributed by atoms with van der Waals surface area (Å²) in [5.74, 6) is -0.424. The topological polar surface area (TPSA) is 48.3 Å². The summed E-state index contributed by atoms with van der Waals surface area (Å²) in [6, 6.07) is 28.8. The third kappa shape index (κ3) is 7.68. The fourth-order valence-corrected chi connectivity index (χ4v) is 11.2. The number of aryl methyl sites for hydroxylation is 1. The Morgan fingerprint density at radius 2 is 1.49 bits per heavy atom. The number of nitrogens with zero attached hydrogens (tertiary/aromatic N) is 1. The molecular weight excluding hydrogens is 570 g/mol. The Morgan fingerprint density at radius 1 is 0.860 bits per heavy atom. The minimum atomic E-state index is -2.53. The third-order valence-electron chi connectivity index (χ3n) is 8.68. The lowest BCUT2D eigenvalue weighted by molar-refractivity contribution is -0.142. The maximum atomic E-state index is 13.7. The number of hydrogen-bond acceptors (Lipinski definition) is 3. The van der Waals surface area contributed by atoms with Gasteiger partial charge in [-0.05, 0) is 52.4 Å². The van der Waals surface area contributed by atoms with Crippen LogP contribution in [-0.4, -0.2) is 30.7 Å². The van der Waals surface area contributed by atoms with Gasteiger partial charge in [0.25, 0.3) is 0 Å². The zero-order valence-electron chi connectivity index (χ0n) is 26.4. The fourth-order valence-electron chi connectivity index (χ4n) is 6.30. The Labute approximate surface area is 263 Å². The number of halogens is 1. The van der Waals surface area contributed by atoms with E-state index in [-0.39, 0.29) is 35.7 Å². The maximum Gasteiger partial charge on any atom is 0.305 e. The Kier molecular flexibility index (Phi) is 11.1. The molecule has 0 saturated carbocycles. The summed E-state index contributed by atoms with van der Waals surface area (Å²) >= 11 is 6.33. The molecule has 0 amide bonds. The van der Waals surface area contributed by atoms with Crippen LogP contribution < -0.4 is 10.4 Å². The number of fused-ring (bicyclic) bond motifs is 1. The van der Waals surface area contributed by atoms with Crippen LogP contribution in [0, 0.1) is 5.92 Å². The molecule has 0 aliphatic heterocycles. The summed E-state index contributed by atoms with van der Waals surface area (Å²) in [7, 11) is -2.53. The highest BCUT2D eigenvalue weighted by Crippen LogP contribution is 2.36. The second-order valence-electron chi connectivity index (χ2n) is 12.9. The molecule has 0 bridgehead atoms. The molecule has 0 aliphatic carbocycles. The second kappa shape index (κ2) is 14.5. The van der Waals surface area contributed by atoms with Gasteiger partial charge >= 0.3 is 5.97 Å². The molecule has 43 heavy (non-hydrogen) atoms. The molecular formula is C37H46ClNO3Si. The van der Waals surface area contributed by atoms with Crippen LogP contribution in [0.5, 0.6) is 0 Å². The lowest BCUT2D eigenvalue weighted by Gasteiger charge is -2.43. The normalized spacial score (nSPS) is 12.8. The molecule has 1 aromatic heterocycles. The van der Waals surface area contributed by atoms with Gasteiger partial charge in [0.15, 0.2) is 8.07 Å². The van der Waals surface area contributed by atoms with Crippen molar-refractivity contribution in [2.75, 3.05) is 6.23 Å². The van der Waals surface area contributed by atoms with Crippen molar-refractivity contribution in [3.63, 3.8) is 0 Å². The number of ether oxygens (including phenoxy) is 1. The fraction of sp³-hybridized carbons (Fsp3) is 0.405. The van der Waals surface area contributed by atoms with E-state index in [1.54, 1.807) is 0 Å². The van der Waals surface area contributed by atoms with Gasteiger partial charge in [0, 0.05) is 28.9 Å². The smallest absolute Gasteiger partial charge is 0.305 e. The first-order chi connectivity index (χ1) is 20.6. The molecule has 0 aliphatic rings. The number of aromatic nitrogens is 1. The van der Waals surface area contributed by atoms with Crippen molar-refractivity contribution in [3.8, 4) is 0 Å². The highest BCUT2D eigenvalue weighted by atomic mass is 35.5. The zero-order chi connectivity index (χ0) is 31.0. The largest absolute Gasteiger partial charge is 0.469 e. The van der Waals surface area contributed by atoms with Crippen LogP contribution in [0.4, 0.5) is 0 Å². The van der Waals surface area contributed by atoms with Crippen LogP contribution in [0.25, 0.3) is 10.9 Å². The molecule has 4 aromatic rings. The van der Waals surface area contributed by atoms with E-state index in [2.05, 4.69) is 82.3 Å². The van der Waals surface area contributed by atoms with E-state index < -0.39 is 8.07 Å². The van der Waals surface area contributed by atoms with E-state index in [0.717, 1.165) is 35.9 Å². The van der Waals surface area contributed by atoms with Gasteiger partial charge in [-0.2, -0.15) is 0 Å². The van der Waals surface area contributed by atoms with Crippen LogP contribution in [-0.2, 0) is 16.0 Å². The minimum Gasteiger partial charge on any atom is -0.469 e. The van der Waals surface area contributed by atoms with Gasteiger partial charge in [-0.3, -0.25) is 14.2 Å². The Hall–Kier alpha value is -3.15. The summed E-state index contributed by atoms with van der Waals surface area (Å²) in [5, 5.41) is 4.00. The Morgan fingerprint density at radius 3 is 2.07 bits per heavy atom. The predicted octanol–water partition coefficient (Wildman–Crippen LogP) is 8.62. The lowest BCUT2D eigenvalue weighted by atomic mass is 10.0. The molecule has 0 N–H and O–H groups in total. The number of carbonyl (C=O) groups is 2. The van der Waals surface area contributed by atoms with Crippen LogP contribution in [0.2, 0.25) is 10.1 Å². The number of esters is 1. The van der Waals surface area contributed by atoms with E-state index >= 15 is 0 Å². The van der Waals surface area contributed by atoms with Gasteiger partial charge in [0.05, 0.1) is 11.7 Å². The minimum absolute atomic E-state index is 0.00459. The predicted molar refractivity (Wildman–Crippen MR) is 182 cm³/mol. The number of unbranched alkanes of at least 4 members (excludes halogenated alkanes) is 3. The Balaban J connectivity index is 1.50. The molecule has 0 unspecified atom stereocenters. The van der Waals surface area contributed by atoms with E-state index in [1.165, 1.54) is 23.2 Å². The van der Waals surface area contributed by atoms with Crippen molar-refractivity contribution in [2.24, 2.45) is 5.92 Å². The average molecular weight is 616 g/mol. The number of carbonyl (C=O) groups excluding carboxylic acids is 2. The second-order valence-corrected chi connectivity index (χ2v) is 18.1. The third-order valence-corrected chi connectivity index (χ3v) is 14.7. The van der Waals surface area contributed by atoms with E-state index in [9.17, 15) is 9.59 Å². The van der Waals surface area contributed by atoms with E-state index in [0.29, 0.717) is 11.3 Å². The first-order valence-electron chi connectivity index (χ1n) is 15.7. The first kappa shape index (κ1) is 32.8. The molecule has 1 heterocycles. The summed E-state index contributed by atoms with van der Waals surface area (Å²) in [6.07, 6.45) is 6.17. The molecule has 4 nitrogen and oxygen atoms in total. The first-order valence-corrected chi connectivity index (χ1v) is 18.2.